The maximum absolute atomic E-state index is 14.1. The van der Waals surface area contributed by atoms with E-state index in [0.29, 0.717) is 49.2 Å². The first-order valence-corrected chi connectivity index (χ1v) is 12.9. The Hall–Kier alpha value is -3.70. The van der Waals surface area contributed by atoms with E-state index in [2.05, 4.69) is 44.0 Å². The number of alkyl halides is 2. The number of anilines is 2. The van der Waals surface area contributed by atoms with E-state index in [1.54, 1.807) is 24.3 Å². The van der Waals surface area contributed by atoms with Gasteiger partial charge in [-0.3, -0.25) is 9.47 Å². The summed E-state index contributed by atoms with van der Waals surface area (Å²) in [5, 5.41) is 0. The summed E-state index contributed by atoms with van der Waals surface area (Å²) in [4.78, 5) is 24.9. The number of benzene rings is 2. The highest BCUT2D eigenvalue weighted by molar-refractivity contribution is 5.77. The van der Waals surface area contributed by atoms with Crippen LogP contribution in [0.5, 0.6) is 0 Å². The molecule has 2 aromatic carbocycles. The molecule has 4 heterocycles. The van der Waals surface area contributed by atoms with Crippen LogP contribution in [-0.2, 0) is 11.3 Å². The van der Waals surface area contributed by atoms with E-state index >= 15 is 0 Å². The van der Waals surface area contributed by atoms with Crippen molar-refractivity contribution in [1.29, 1.82) is 0 Å². The molecule has 2 aliphatic rings. The number of nitrogens with zero attached hydrogens (tertiary/aromatic N) is 8. The maximum Gasteiger partial charge on any atom is 0.296 e. The lowest BCUT2D eigenvalue weighted by Crippen LogP contribution is -2.39. The monoisotopic (exact) mass is 520 g/mol. The molecule has 11 heteroatoms. The number of aromatic nitrogens is 5. The lowest BCUT2D eigenvalue weighted by molar-refractivity contribution is 0.122. The second kappa shape index (κ2) is 10.6. The largest absolute Gasteiger partial charge is 0.378 e. The zero-order valence-electron chi connectivity index (χ0n) is 21.2. The van der Waals surface area contributed by atoms with Gasteiger partial charge in [-0.2, -0.15) is 15.0 Å². The number of hydrogen-bond acceptors (Lipinski definition) is 8. The Balaban J connectivity index is 1.36. The molecule has 1 atom stereocenters. The molecule has 2 aromatic heterocycles. The van der Waals surface area contributed by atoms with E-state index in [9.17, 15) is 8.78 Å². The summed E-state index contributed by atoms with van der Waals surface area (Å²) >= 11 is 0. The third-order valence-corrected chi connectivity index (χ3v) is 7.24. The van der Waals surface area contributed by atoms with Gasteiger partial charge in [-0.1, -0.05) is 42.5 Å². The van der Waals surface area contributed by atoms with Gasteiger partial charge in [0.15, 0.2) is 5.82 Å². The van der Waals surface area contributed by atoms with Crippen molar-refractivity contribution in [2.75, 3.05) is 56.2 Å². The number of para-hydroxylation sites is 2. The minimum Gasteiger partial charge on any atom is -0.378 e. The van der Waals surface area contributed by atoms with Crippen LogP contribution in [-0.4, -0.2) is 81.9 Å². The van der Waals surface area contributed by atoms with Gasteiger partial charge in [0.25, 0.3) is 6.43 Å². The zero-order chi connectivity index (χ0) is 26.1. The van der Waals surface area contributed by atoms with E-state index in [4.69, 9.17) is 14.7 Å². The highest BCUT2D eigenvalue weighted by Gasteiger charge is 2.30. The van der Waals surface area contributed by atoms with Crippen LogP contribution < -0.4 is 9.80 Å². The van der Waals surface area contributed by atoms with Crippen molar-refractivity contribution in [1.82, 2.24) is 29.4 Å². The van der Waals surface area contributed by atoms with Gasteiger partial charge in [0, 0.05) is 45.8 Å². The lowest BCUT2D eigenvalue weighted by Gasteiger charge is -2.29. The summed E-state index contributed by atoms with van der Waals surface area (Å²) in [6, 6.07) is 17.7. The molecule has 1 unspecified atom stereocenters. The van der Waals surface area contributed by atoms with Crippen molar-refractivity contribution in [3.8, 4) is 5.95 Å². The molecule has 198 valence electrons. The van der Waals surface area contributed by atoms with Gasteiger partial charge < -0.3 is 14.5 Å². The van der Waals surface area contributed by atoms with E-state index in [0.717, 1.165) is 26.1 Å². The number of halogens is 2. The smallest absolute Gasteiger partial charge is 0.296 e. The summed E-state index contributed by atoms with van der Waals surface area (Å²) in [5.74, 6) is 0.679. The quantitative estimate of drug-likeness (QED) is 0.365. The molecule has 0 radical (unpaired) electrons. The third-order valence-electron chi connectivity index (χ3n) is 7.24. The summed E-state index contributed by atoms with van der Waals surface area (Å²) in [7, 11) is 1.97. The Labute approximate surface area is 219 Å². The predicted molar refractivity (Wildman–Crippen MR) is 141 cm³/mol. The van der Waals surface area contributed by atoms with Crippen LogP contribution in [0.25, 0.3) is 17.0 Å². The van der Waals surface area contributed by atoms with Crippen molar-refractivity contribution < 1.29 is 13.5 Å². The molecule has 6 rings (SSSR count). The highest BCUT2D eigenvalue weighted by atomic mass is 19.3. The number of ether oxygens (including phenoxy) is 1. The minimum atomic E-state index is -2.78. The molecule has 0 aliphatic carbocycles. The number of likely N-dealkylation sites (tertiary alicyclic amines) is 1. The van der Waals surface area contributed by atoms with E-state index < -0.39 is 6.43 Å². The molecule has 0 bridgehead atoms. The fourth-order valence-electron chi connectivity index (χ4n) is 5.18. The van der Waals surface area contributed by atoms with Crippen LogP contribution in [0.2, 0.25) is 0 Å². The SMILES string of the molecule is CN(c1nc(N2CCOCC2)nc(-n2c(C(F)F)nc3ccccc32)n1)C1CCN(Cc2ccccc2)C1. The number of imidazole rings is 1. The fraction of sp³-hybridized carbons (Fsp3) is 0.407. The molecular formula is C27H30F2N8O. The second-order valence-corrected chi connectivity index (χ2v) is 9.70. The first-order valence-electron chi connectivity index (χ1n) is 12.9. The predicted octanol–water partition coefficient (Wildman–Crippen LogP) is 3.70. The number of fused-ring (bicyclic) bond motifs is 1. The summed E-state index contributed by atoms with van der Waals surface area (Å²) < 4.78 is 35.1. The molecule has 0 N–H and O–H groups in total. The first kappa shape index (κ1) is 24.6. The Kier molecular flexibility index (Phi) is 6.86. The van der Waals surface area contributed by atoms with Gasteiger partial charge >= 0.3 is 0 Å². The normalized spacial score (nSPS) is 18.5. The topological polar surface area (TPSA) is 75.4 Å². The number of morpholine rings is 1. The van der Waals surface area contributed by atoms with E-state index in [1.807, 2.05) is 18.0 Å². The molecule has 0 spiro atoms. The molecule has 38 heavy (non-hydrogen) atoms. The molecular weight excluding hydrogens is 490 g/mol. The summed E-state index contributed by atoms with van der Waals surface area (Å²) in [5.41, 5.74) is 2.28. The average Bonchev–Trinajstić information content (AvgIpc) is 3.58. The van der Waals surface area contributed by atoms with Crippen molar-refractivity contribution in [2.45, 2.75) is 25.4 Å². The minimum absolute atomic E-state index is 0.145. The van der Waals surface area contributed by atoms with Gasteiger partial charge in [0.05, 0.1) is 24.2 Å². The Morgan fingerprint density at radius 1 is 0.921 bits per heavy atom. The number of likely N-dealkylation sites (N-methyl/N-ethyl adjacent to an activating group) is 1. The van der Waals surface area contributed by atoms with E-state index in [1.165, 1.54) is 10.1 Å². The van der Waals surface area contributed by atoms with E-state index in [-0.39, 0.29) is 17.8 Å². The number of rotatable bonds is 7. The third kappa shape index (κ3) is 4.91. The van der Waals surface area contributed by atoms with Crippen LogP contribution >= 0.6 is 0 Å². The fourth-order valence-corrected chi connectivity index (χ4v) is 5.18. The van der Waals surface area contributed by atoms with Crippen LogP contribution in [0.15, 0.2) is 54.6 Å². The van der Waals surface area contributed by atoms with Gasteiger partial charge in [0.2, 0.25) is 17.8 Å². The molecule has 9 nitrogen and oxygen atoms in total. The molecule has 2 saturated heterocycles. The van der Waals surface area contributed by atoms with Crippen molar-refractivity contribution in [2.24, 2.45) is 0 Å². The van der Waals surface area contributed by atoms with Crippen LogP contribution in [0.1, 0.15) is 24.2 Å². The van der Waals surface area contributed by atoms with Gasteiger partial charge in [-0.25, -0.2) is 13.8 Å². The standard InChI is InChI=1S/C27H30F2N8O/c1-34(20-11-12-35(18-20)17-19-7-3-2-4-8-19)25-31-26(36-13-15-38-16-14-36)33-27(32-25)37-22-10-6-5-9-21(22)30-24(37)23(28)29/h2-10,20,23H,11-18H2,1H3. The maximum atomic E-state index is 14.1. The van der Waals surface area contributed by atoms with Crippen molar-refractivity contribution in [3.63, 3.8) is 0 Å². The van der Waals surface area contributed by atoms with Crippen LogP contribution in [0.3, 0.4) is 0 Å². The summed E-state index contributed by atoms with van der Waals surface area (Å²) in [6.45, 7) is 5.04. The van der Waals surface area contributed by atoms with Crippen molar-refractivity contribution in [3.05, 3.63) is 66.0 Å². The lowest BCUT2D eigenvalue weighted by atomic mass is 10.2. The van der Waals surface area contributed by atoms with Gasteiger partial charge in [0.1, 0.15) is 0 Å². The average molecular weight is 521 g/mol. The van der Waals surface area contributed by atoms with Gasteiger partial charge in [-0.05, 0) is 24.1 Å². The Morgan fingerprint density at radius 3 is 2.45 bits per heavy atom. The molecule has 0 saturated carbocycles. The Bertz CT molecular complexity index is 1390. The molecule has 2 fully saturated rings. The number of hydrogen-bond donors (Lipinski definition) is 0. The molecule has 2 aliphatic heterocycles. The summed E-state index contributed by atoms with van der Waals surface area (Å²) in [6.07, 6.45) is -1.83. The van der Waals surface area contributed by atoms with Crippen LogP contribution in [0, 0.1) is 0 Å². The highest BCUT2D eigenvalue weighted by Crippen LogP contribution is 2.29. The van der Waals surface area contributed by atoms with Gasteiger partial charge in [-0.15, -0.1) is 0 Å². The molecule has 0 amide bonds. The first-order chi connectivity index (χ1) is 18.6. The molecule has 4 aromatic rings. The van der Waals surface area contributed by atoms with Crippen molar-refractivity contribution >= 4 is 22.9 Å². The Morgan fingerprint density at radius 2 is 1.66 bits per heavy atom. The van der Waals surface area contributed by atoms with Crippen LogP contribution in [0.4, 0.5) is 20.7 Å². The second-order valence-electron chi connectivity index (χ2n) is 9.70. The zero-order valence-corrected chi connectivity index (χ0v) is 21.2.